The molecule has 0 aliphatic heterocycles. The highest BCUT2D eigenvalue weighted by Gasteiger charge is 2.51. The van der Waals surface area contributed by atoms with Gasteiger partial charge in [0.1, 0.15) is 0 Å². The molecule has 1 saturated carbocycles. The van der Waals surface area contributed by atoms with Crippen molar-refractivity contribution in [1.82, 2.24) is 0 Å². The number of unbranched alkanes of at least 4 members (excludes halogenated alkanes) is 3. The normalized spacial score (nSPS) is 24.2. The molecule has 0 aromatic carbocycles. The van der Waals surface area contributed by atoms with Crippen molar-refractivity contribution in [2.24, 2.45) is 16.8 Å². The molecular formula is C30H61NO5Si2. The highest BCUT2D eigenvalue weighted by molar-refractivity contribution is 6.74. The molecule has 0 amide bonds. The van der Waals surface area contributed by atoms with Gasteiger partial charge in [-0.1, -0.05) is 60.8 Å². The second-order valence-corrected chi connectivity index (χ2v) is 24.0. The van der Waals surface area contributed by atoms with Gasteiger partial charge in [-0.25, -0.2) is 0 Å². The van der Waals surface area contributed by atoms with Gasteiger partial charge >= 0.3 is 5.97 Å². The van der Waals surface area contributed by atoms with Crippen LogP contribution in [0.5, 0.6) is 0 Å². The number of rotatable bonds is 15. The zero-order valence-corrected chi connectivity index (χ0v) is 28.9. The Labute approximate surface area is 237 Å². The molecular weight excluding hydrogens is 511 g/mol. The largest absolute Gasteiger partial charge is 0.469 e. The lowest BCUT2D eigenvalue weighted by atomic mass is 9.85. The van der Waals surface area contributed by atoms with Crippen molar-refractivity contribution in [2.75, 3.05) is 14.2 Å². The fourth-order valence-corrected chi connectivity index (χ4v) is 7.79. The predicted octanol–water partition coefficient (Wildman–Crippen LogP) is 7.76. The van der Waals surface area contributed by atoms with Crippen molar-refractivity contribution in [2.45, 2.75) is 154 Å². The summed E-state index contributed by atoms with van der Waals surface area (Å²) in [6.45, 7) is 23.3. The lowest BCUT2D eigenvalue weighted by Crippen LogP contribution is -2.45. The summed E-state index contributed by atoms with van der Waals surface area (Å²) in [6.07, 6.45) is 9.75. The molecule has 0 radical (unpaired) electrons. The van der Waals surface area contributed by atoms with Gasteiger partial charge in [-0.15, -0.1) is 0 Å². The number of nitrogens with zero attached hydrogens (tertiary/aromatic N) is 1. The second-order valence-electron chi connectivity index (χ2n) is 14.5. The van der Waals surface area contributed by atoms with E-state index < -0.39 is 22.7 Å². The lowest BCUT2D eigenvalue weighted by Gasteiger charge is -2.40. The summed E-state index contributed by atoms with van der Waals surface area (Å²) in [7, 11) is -0.773. The van der Waals surface area contributed by atoms with Crippen LogP contribution in [0.4, 0.5) is 0 Å². The number of aliphatic hydroxyl groups excluding tert-OH is 1. The summed E-state index contributed by atoms with van der Waals surface area (Å²) in [5, 5.41) is 10.8. The minimum Gasteiger partial charge on any atom is -0.469 e. The van der Waals surface area contributed by atoms with E-state index >= 15 is 0 Å². The van der Waals surface area contributed by atoms with Crippen LogP contribution in [0.2, 0.25) is 36.3 Å². The second kappa shape index (κ2) is 14.9. The monoisotopic (exact) mass is 571 g/mol. The van der Waals surface area contributed by atoms with Gasteiger partial charge in [0.25, 0.3) is 0 Å². The van der Waals surface area contributed by atoms with Crippen LogP contribution in [0.3, 0.4) is 0 Å². The zero-order chi connectivity index (χ0) is 29.4. The minimum atomic E-state index is -1.98. The molecule has 0 spiro atoms. The van der Waals surface area contributed by atoms with Gasteiger partial charge < -0.3 is 18.7 Å². The molecule has 1 aliphatic carbocycles. The SMILES string of the molecule is CN=CC(O)CC[C@H]1C(O[Si](C)(C)C(C)(C)C)CC(O[Si](C)(C)C(C)(C)C)[C@@H]1CCCCCCC(=O)OC. The Morgan fingerprint density at radius 2 is 1.37 bits per heavy atom. The number of aliphatic imine (C=N–C) groups is 1. The molecule has 1 aliphatic rings. The summed E-state index contributed by atoms with van der Waals surface area (Å²) in [4.78, 5) is 15.5. The van der Waals surface area contributed by atoms with Crippen LogP contribution in [-0.4, -0.2) is 66.4 Å². The van der Waals surface area contributed by atoms with Crippen LogP contribution in [0.1, 0.15) is 99.3 Å². The van der Waals surface area contributed by atoms with Crippen LogP contribution >= 0.6 is 0 Å². The number of hydrogen-bond acceptors (Lipinski definition) is 6. The molecule has 0 saturated heterocycles. The molecule has 224 valence electrons. The average molecular weight is 572 g/mol. The van der Waals surface area contributed by atoms with Crippen LogP contribution in [0.15, 0.2) is 4.99 Å². The van der Waals surface area contributed by atoms with Crippen LogP contribution in [-0.2, 0) is 18.4 Å². The number of methoxy groups -OCH3 is 1. The molecule has 5 atom stereocenters. The smallest absolute Gasteiger partial charge is 0.305 e. The van der Waals surface area contributed by atoms with Crippen molar-refractivity contribution in [3.63, 3.8) is 0 Å². The van der Waals surface area contributed by atoms with Gasteiger partial charge in [0.2, 0.25) is 0 Å². The van der Waals surface area contributed by atoms with E-state index in [1.54, 1.807) is 13.3 Å². The fourth-order valence-electron chi connectivity index (χ4n) is 5.03. The van der Waals surface area contributed by atoms with Crippen LogP contribution in [0, 0.1) is 11.8 Å². The third-order valence-corrected chi connectivity index (χ3v) is 18.5. The molecule has 3 unspecified atom stereocenters. The van der Waals surface area contributed by atoms with E-state index in [-0.39, 0.29) is 28.3 Å². The summed E-state index contributed by atoms with van der Waals surface area (Å²) in [5.41, 5.74) is 0. The summed E-state index contributed by atoms with van der Waals surface area (Å²) >= 11 is 0. The van der Waals surface area contributed by atoms with E-state index in [1.165, 1.54) is 7.11 Å². The number of aliphatic hydroxyl groups is 1. The van der Waals surface area contributed by atoms with Crippen molar-refractivity contribution >= 4 is 28.8 Å². The van der Waals surface area contributed by atoms with Crippen LogP contribution < -0.4 is 0 Å². The maximum Gasteiger partial charge on any atom is 0.305 e. The average Bonchev–Trinajstić information content (AvgIpc) is 3.07. The summed E-state index contributed by atoms with van der Waals surface area (Å²) in [6, 6.07) is 0. The van der Waals surface area contributed by atoms with Crippen molar-refractivity contribution in [3.05, 3.63) is 0 Å². The Bertz CT molecular complexity index is 742. The number of esters is 1. The Kier molecular flexibility index (Phi) is 13.9. The first-order chi connectivity index (χ1) is 17.4. The maximum absolute atomic E-state index is 11.5. The molecule has 0 aromatic rings. The molecule has 8 heteroatoms. The highest BCUT2D eigenvalue weighted by atomic mass is 28.4. The van der Waals surface area contributed by atoms with E-state index in [9.17, 15) is 9.90 Å². The summed E-state index contributed by atoms with van der Waals surface area (Å²) in [5.74, 6) is 0.641. The Morgan fingerprint density at radius 3 is 1.82 bits per heavy atom. The Morgan fingerprint density at radius 1 is 0.895 bits per heavy atom. The van der Waals surface area contributed by atoms with Gasteiger partial charge in [0, 0.05) is 19.7 Å². The molecule has 6 nitrogen and oxygen atoms in total. The predicted molar refractivity (Wildman–Crippen MR) is 165 cm³/mol. The maximum atomic E-state index is 11.5. The first-order valence-electron chi connectivity index (χ1n) is 14.9. The standard InChI is InChI=1S/C30H61NO5Si2/c1-29(2,3)37(9,10)35-26-21-27(36-38(11,12)30(4,5)6)25(20-19-23(32)22-31-7)24(26)17-15-13-14-16-18-28(33)34-8/h22-27,32H,13-21H2,1-12H3/t23?,24-,25-,26?,27?/m1/s1. The lowest BCUT2D eigenvalue weighted by molar-refractivity contribution is -0.140. The van der Waals surface area contributed by atoms with Crippen molar-refractivity contribution in [3.8, 4) is 0 Å². The number of carbonyl (C=O) groups excluding carboxylic acids is 1. The number of hydrogen-bond donors (Lipinski definition) is 1. The molecule has 0 bridgehead atoms. The Hall–Kier alpha value is -0.546. The van der Waals surface area contributed by atoms with Gasteiger partial charge in [-0.05, 0) is 80.2 Å². The van der Waals surface area contributed by atoms with E-state index in [0.717, 1.165) is 44.9 Å². The van der Waals surface area contributed by atoms with Crippen LogP contribution in [0.25, 0.3) is 0 Å². The molecule has 0 heterocycles. The third kappa shape index (κ3) is 10.8. The van der Waals surface area contributed by atoms with E-state index in [2.05, 4.69) is 72.7 Å². The van der Waals surface area contributed by atoms with Crippen molar-refractivity contribution in [1.29, 1.82) is 0 Å². The van der Waals surface area contributed by atoms with E-state index in [0.29, 0.717) is 24.7 Å². The summed E-state index contributed by atoms with van der Waals surface area (Å²) < 4.78 is 19.0. The topological polar surface area (TPSA) is 77.4 Å². The van der Waals surface area contributed by atoms with Gasteiger partial charge in [-0.2, -0.15) is 0 Å². The van der Waals surface area contributed by atoms with Crippen molar-refractivity contribution < 1.29 is 23.5 Å². The first kappa shape index (κ1) is 35.5. The molecule has 1 fully saturated rings. The van der Waals surface area contributed by atoms with Gasteiger partial charge in [-0.3, -0.25) is 9.79 Å². The quantitative estimate of drug-likeness (QED) is 0.0940. The number of carbonyl (C=O) groups is 1. The minimum absolute atomic E-state index is 0.122. The molecule has 1 N–H and O–H groups in total. The van der Waals surface area contributed by atoms with Gasteiger partial charge in [0.15, 0.2) is 16.6 Å². The molecule has 1 rings (SSSR count). The Balaban J connectivity index is 3.17. The molecule has 0 aromatic heterocycles. The van der Waals surface area contributed by atoms with E-state index in [1.807, 2.05) is 0 Å². The molecule has 38 heavy (non-hydrogen) atoms. The fraction of sp³-hybridized carbons (Fsp3) is 0.933. The number of ether oxygens (including phenoxy) is 1. The van der Waals surface area contributed by atoms with E-state index in [4.69, 9.17) is 13.6 Å². The zero-order valence-electron chi connectivity index (χ0n) is 26.9. The highest BCUT2D eigenvalue weighted by Crippen LogP contribution is 2.49. The van der Waals surface area contributed by atoms with Gasteiger partial charge in [0.05, 0.1) is 25.4 Å². The third-order valence-electron chi connectivity index (χ3n) is 9.49. The first-order valence-corrected chi connectivity index (χ1v) is 20.7.